The molecule has 6 nitrogen and oxygen atoms in total. The van der Waals surface area contributed by atoms with E-state index in [0.29, 0.717) is 17.0 Å². The van der Waals surface area contributed by atoms with Crippen molar-refractivity contribution in [2.45, 2.75) is 0 Å². The second kappa shape index (κ2) is 4.09. The lowest BCUT2D eigenvalue weighted by molar-refractivity contribution is 0.177. The van der Waals surface area contributed by atoms with Crippen LogP contribution >= 0.6 is 11.9 Å². The third kappa shape index (κ3) is 1.53. The van der Waals surface area contributed by atoms with Crippen molar-refractivity contribution in [1.82, 2.24) is 14.3 Å². The largest absolute Gasteiger partial charge is 0.416 e. The van der Waals surface area contributed by atoms with Crippen molar-refractivity contribution in [3.8, 4) is 0 Å². The molecule has 2 heterocycles. The van der Waals surface area contributed by atoms with Crippen molar-refractivity contribution in [3.63, 3.8) is 0 Å². The highest BCUT2D eigenvalue weighted by molar-refractivity contribution is 7.99. The second-order valence-electron chi connectivity index (χ2n) is 3.17. The molecule has 0 aliphatic rings. The smallest absolute Gasteiger partial charge is 0.264 e. The summed E-state index contributed by atoms with van der Waals surface area (Å²) in [7, 11) is 3.21. The highest BCUT2D eigenvalue weighted by Crippen LogP contribution is 2.12. The van der Waals surface area contributed by atoms with Crippen LogP contribution in [0.2, 0.25) is 0 Å². The summed E-state index contributed by atoms with van der Waals surface area (Å²) in [5.41, 5.74) is 0.416. The van der Waals surface area contributed by atoms with Crippen LogP contribution < -0.4 is 15.1 Å². The minimum Gasteiger partial charge on any atom is -0.416 e. The van der Waals surface area contributed by atoms with Crippen molar-refractivity contribution in [2.75, 3.05) is 18.1 Å². The van der Waals surface area contributed by atoms with Gasteiger partial charge in [0.05, 0.1) is 5.39 Å². The average Bonchev–Trinajstić information content (AvgIpc) is 2.69. The zero-order valence-electron chi connectivity index (χ0n) is 9.22. The van der Waals surface area contributed by atoms with Crippen molar-refractivity contribution in [1.29, 1.82) is 0 Å². The van der Waals surface area contributed by atoms with Crippen LogP contribution in [0.5, 0.6) is 0 Å². The summed E-state index contributed by atoms with van der Waals surface area (Å²) in [4.78, 5) is 21.3. The lowest BCUT2D eigenvalue weighted by Gasteiger charge is -2.08. The number of anilines is 1. The van der Waals surface area contributed by atoms with Gasteiger partial charge in [0.2, 0.25) is 5.95 Å². The molecule has 0 amide bonds. The van der Waals surface area contributed by atoms with Gasteiger partial charge in [0.25, 0.3) is 5.56 Å². The van der Waals surface area contributed by atoms with E-state index in [1.165, 1.54) is 28.4 Å². The third-order valence-electron chi connectivity index (χ3n) is 2.28. The molecule has 86 valence electrons. The van der Waals surface area contributed by atoms with Gasteiger partial charge in [-0.1, -0.05) is 11.9 Å². The minimum atomic E-state index is -0.0997. The summed E-state index contributed by atoms with van der Waals surface area (Å²) < 4.78 is 5.88. The molecule has 0 aromatic carbocycles. The molecule has 2 rings (SSSR count). The maximum Gasteiger partial charge on any atom is 0.264 e. The van der Waals surface area contributed by atoms with Gasteiger partial charge in [-0.2, -0.15) is 9.71 Å². The Labute approximate surface area is 96.3 Å². The molecule has 0 unspecified atom stereocenters. The summed E-state index contributed by atoms with van der Waals surface area (Å²) in [6.45, 7) is 0. The van der Waals surface area contributed by atoms with Crippen LogP contribution in [0.25, 0.3) is 11.0 Å². The van der Waals surface area contributed by atoms with Gasteiger partial charge in [-0.3, -0.25) is 14.1 Å². The van der Waals surface area contributed by atoms with Gasteiger partial charge in [-0.25, -0.2) is 0 Å². The lowest BCUT2D eigenvalue weighted by atomic mass is 10.4. The highest BCUT2D eigenvalue weighted by atomic mass is 32.2. The van der Waals surface area contributed by atoms with E-state index in [2.05, 4.69) is 9.71 Å². The number of nitrogens with zero attached hydrogens (tertiary/aromatic N) is 3. The van der Waals surface area contributed by atoms with E-state index in [9.17, 15) is 4.79 Å². The van der Waals surface area contributed by atoms with Gasteiger partial charge in [0.15, 0.2) is 5.65 Å². The predicted molar refractivity (Wildman–Crippen MR) is 64.6 cm³/mol. The van der Waals surface area contributed by atoms with E-state index < -0.39 is 0 Å². The molecule has 7 heteroatoms. The number of aromatic nitrogens is 3. The third-order valence-corrected chi connectivity index (χ3v) is 2.67. The number of rotatable bonds is 3. The highest BCUT2D eigenvalue weighted by Gasteiger charge is 2.11. The van der Waals surface area contributed by atoms with E-state index in [-0.39, 0.29) is 5.56 Å². The number of hydrogen-bond donors (Lipinski definition) is 1. The molecule has 0 bridgehead atoms. The molecule has 0 fully saturated rings. The second-order valence-corrected chi connectivity index (χ2v) is 3.78. The van der Waals surface area contributed by atoms with E-state index in [4.69, 9.17) is 4.84 Å². The predicted octanol–water partition coefficient (Wildman–Crippen LogP) is 0.483. The number of nitrogens with one attached hydrogen (secondary N) is 1. The van der Waals surface area contributed by atoms with E-state index in [0.717, 1.165) is 0 Å². The number of hydrogen-bond acceptors (Lipinski definition) is 5. The van der Waals surface area contributed by atoms with Crippen molar-refractivity contribution in [2.24, 2.45) is 7.05 Å². The van der Waals surface area contributed by atoms with Gasteiger partial charge >= 0.3 is 0 Å². The minimum absolute atomic E-state index is 0.0997. The Morgan fingerprint density at radius 3 is 2.94 bits per heavy atom. The van der Waals surface area contributed by atoms with Crippen LogP contribution in [0.15, 0.2) is 17.1 Å². The van der Waals surface area contributed by atoms with Crippen LogP contribution in [0.4, 0.5) is 5.95 Å². The van der Waals surface area contributed by atoms with E-state index in [1.54, 1.807) is 19.3 Å². The molecule has 0 aliphatic carbocycles. The van der Waals surface area contributed by atoms with Crippen molar-refractivity contribution >= 4 is 28.9 Å². The Hall–Kier alpha value is -1.63. The summed E-state index contributed by atoms with van der Waals surface area (Å²) in [6, 6.07) is 1.69. The fraction of sp³-hybridized carbons (Fsp3) is 0.333. The molecule has 0 saturated heterocycles. The van der Waals surface area contributed by atoms with Gasteiger partial charge in [-0.15, -0.1) is 0 Å². The van der Waals surface area contributed by atoms with E-state index >= 15 is 0 Å². The zero-order chi connectivity index (χ0) is 11.7. The van der Waals surface area contributed by atoms with Crippen LogP contribution in [-0.2, 0) is 7.05 Å². The molecule has 2 aromatic heterocycles. The first-order valence-corrected chi connectivity index (χ1v) is 5.83. The van der Waals surface area contributed by atoms with Gasteiger partial charge in [-0.05, 0) is 6.07 Å². The Balaban J connectivity index is 2.75. The molecular weight excluding hydrogens is 228 g/mol. The molecule has 0 atom stereocenters. The molecule has 2 aromatic rings. The maximum absolute atomic E-state index is 12.0. The molecule has 1 N–H and O–H groups in total. The first-order chi connectivity index (χ1) is 7.69. The Morgan fingerprint density at radius 1 is 1.56 bits per heavy atom. The normalized spacial score (nSPS) is 10.7. The van der Waals surface area contributed by atoms with E-state index in [1.807, 2.05) is 6.26 Å². The lowest BCUT2D eigenvalue weighted by Crippen LogP contribution is -2.21. The molecule has 0 saturated carbocycles. The Kier molecular flexibility index (Phi) is 2.78. The maximum atomic E-state index is 12.0. The number of fused-ring (bicyclic) bond motifs is 1. The van der Waals surface area contributed by atoms with Crippen LogP contribution in [0.3, 0.4) is 0 Å². The summed E-state index contributed by atoms with van der Waals surface area (Å²) >= 11 is 1.38. The van der Waals surface area contributed by atoms with Gasteiger partial charge in [0, 0.05) is 19.5 Å². The monoisotopic (exact) mass is 240 g/mol. The molecular formula is C9H12N4O2S. The van der Waals surface area contributed by atoms with Crippen LogP contribution in [0, 0.1) is 0 Å². The average molecular weight is 240 g/mol. The fourth-order valence-corrected chi connectivity index (χ4v) is 1.83. The first-order valence-electron chi connectivity index (χ1n) is 4.60. The molecule has 0 aliphatic heterocycles. The van der Waals surface area contributed by atoms with Crippen LogP contribution in [-0.4, -0.2) is 27.6 Å². The molecule has 0 radical (unpaired) electrons. The topological polar surface area (TPSA) is 61.1 Å². The zero-order valence-corrected chi connectivity index (χ0v) is 10.0. The summed E-state index contributed by atoms with van der Waals surface area (Å²) in [6.07, 6.45) is 3.54. The van der Waals surface area contributed by atoms with Crippen molar-refractivity contribution < 1.29 is 4.84 Å². The summed E-state index contributed by atoms with van der Waals surface area (Å²) in [5.74, 6) is 0.502. The summed E-state index contributed by atoms with van der Waals surface area (Å²) in [5, 5.41) is 0.538. The van der Waals surface area contributed by atoms with Crippen LogP contribution in [0.1, 0.15) is 0 Å². The van der Waals surface area contributed by atoms with Gasteiger partial charge in [0.1, 0.15) is 7.11 Å². The standard InChI is InChI=1S/C9H12N4O2S/c1-12-8(14)6-4-5-13(15-2)7(6)10-9(12)11-16-3/h4-5H,1-3H3,(H,10,11). The molecule has 16 heavy (non-hydrogen) atoms. The quantitative estimate of drug-likeness (QED) is 0.791. The Morgan fingerprint density at radius 2 is 2.31 bits per heavy atom. The SMILES string of the molecule is COn1ccc2c(=O)n(C)c(NSC)nc21. The first kappa shape index (κ1) is 10.9. The Bertz CT molecular complexity index is 575. The van der Waals surface area contributed by atoms with Gasteiger partial charge < -0.3 is 4.84 Å². The molecule has 0 spiro atoms. The fourth-order valence-electron chi connectivity index (χ4n) is 1.46. The van der Waals surface area contributed by atoms with Crippen molar-refractivity contribution in [3.05, 3.63) is 22.6 Å².